The lowest BCUT2D eigenvalue weighted by molar-refractivity contribution is -0.112. The quantitative estimate of drug-likeness (QED) is 0.465. The molecule has 1 heterocycles. The number of carbonyl (C=O) groups is 1. The summed E-state index contributed by atoms with van der Waals surface area (Å²) in [6, 6.07) is 7.33. The Balaban J connectivity index is 2.96. The van der Waals surface area contributed by atoms with E-state index in [1.54, 1.807) is 6.07 Å². The lowest BCUT2D eigenvalue weighted by Crippen LogP contribution is -2.19. The Bertz CT molecular complexity index is 355. The van der Waals surface area contributed by atoms with Gasteiger partial charge in [-0.1, -0.05) is 18.2 Å². The molecule has 0 aromatic heterocycles. The molecule has 0 unspecified atom stereocenters. The van der Waals surface area contributed by atoms with E-state index in [4.69, 9.17) is 0 Å². The molecule has 10 heavy (non-hydrogen) atoms. The van der Waals surface area contributed by atoms with Gasteiger partial charge in [0.1, 0.15) is 0 Å². The topological polar surface area (TPSA) is 29.4 Å². The van der Waals surface area contributed by atoms with E-state index in [9.17, 15) is 4.79 Å². The van der Waals surface area contributed by atoms with Crippen LogP contribution in [0.4, 0.5) is 0 Å². The Morgan fingerprint density at radius 3 is 2.90 bits per heavy atom. The molecular weight excluding hydrogens is 126 g/mol. The van der Waals surface area contributed by atoms with Gasteiger partial charge in [0.25, 0.3) is 5.91 Å². The molecule has 0 aliphatic carbocycles. The molecule has 2 rings (SSSR count). The van der Waals surface area contributed by atoms with Crippen LogP contribution in [0, 0.1) is 0 Å². The van der Waals surface area contributed by atoms with Gasteiger partial charge in [-0.25, -0.2) is 4.99 Å². The Labute approximate surface area is 57.5 Å². The minimum atomic E-state index is -0.277. The van der Waals surface area contributed by atoms with Crippen LogP contribution < -0.4 is 10.6 Å². The maximum absolute atomic E-state index is 10.6. The van der Waals surface area contributed by atoms with Gasteiger partial charge in [-0.05, 0) is 6.07 Å². The molecule has 1 aliphatic rings. The van der Waals surface area contributed by atoms with Crippen molar-refractivity contribution in [1.82, 2.24) is 0 Å². The van der Waals surface area contributed by atoms with Crippen LogP contribution in [-0.2, 0) is 4.79 Å². The molecule has 2 heteroatoms. The molecule has 1 aliphatic heterocycles. The zero-order chi connectivity index (χ0) is 6.97. The molecule has 0 spiro atoms. The molecule has 1 amide bonds. The van der Waals surface area contributed by atoms with E-state index >= 15 is 0 Å². The molecule has 0 bridgehead atoms. The first-order valence-electron chi connectivity index (χ1n) is 2.98. The molecule has 2 nitrogen and oxygen atoms in total. The van der Waals surface area contributed by atoms with Crippen LogP contribution in [0.5, 0.6) is 0 Å². The highest BCUT2D eigenvalue weighted by Crippen LogP contribution is 1.81. The van der Waals surface area contributed by atoms with Crippen molar-refractivity contribution in [3.05, 3.63) is 34.8 Å². The van der Waals surface area contributed by atoms with Gasteiger partial charge in [0.05, 0.1) is 11.4 Å². The van der Waals surface area contributed by atoms with Gasteiger partial charge >= 0.3 is 0 Å². The van der Waals surface area contributed by atoms with Gasteiger partial charge in [-0.3, -0.25) is 4.79 Å². The second kappa shape index (κ2) is 1.77. The van der Waals surface area contributed by atoms with Gasteiger partial charge in [-0.2, -0.15) is 0 Å². The van der Waals surface area contributed by atoms with Crippen LogP contribution >= 0.6 is 0 Å². The van der Waals surface area contributed by atoms with Crippen molar-refractivity contribution in [1.29, 1.82) is 0 Å². The Hall–Kier alpha value is -1.44. The Morgan fingerprint density at radius 2 is 2.10 bits per heavy atom. The van der Waals surface area contributed by atoms with Crippen LogP contribution in [-0.4, -0.2) is 5.91 Å². The van der Waals surface area contributed by atoms with Crippen LogP contribution in [0.1, 0.15) is 0 Å². The summed E-state index contributed by atoms with van der Waals surface area (Å²) in [5.41, 5.74) is 0. The highest BCUT2D eigenvalue weighted by molar-refractivity contribution is 6.06. The fourth-order valence-electron chi connectivity index (χ4n) is 0.929. The zero-order valence-electron chi connectivity index (χ0n) is 5.16. The number of hydrogen-bond acceptors (Lipinski definition) is 1. The number of nitrogens with zero attached hydrogens (tertiary/aromatic N) is 1. The summed E-state index contributed by atoms with van der Waals surface area (Å²) in [6.07, 6.45) is 2.59. The van der Waals surface area contributed by atoms with E-state index in [0.717, 1.165) is 10.6 Å². The molecule has 0 fully saturated rings. The summed E-state index contributed by atoms with van der Waals surface area (Å²) in [7, 11) is 0. The molecule has 1 radical (unpaired) electrons. The van der Waals surface area contributed by atoms with E-state index in [-0.39, 0.29) is 5.91 Å². The minimum absolute atomic E-state index is 0.277. The maximum atomic E-state index is 10.6. The predicted molar refractivity (Wildman–Crippen MR) is 35.6 cm³/mol. The fourth-order valence-corrected chi connectivity index (χ4v) is 0.929. The predicted octanol–water partition coefficient (Wildman–Crippen LogP) is -0.496. The van der Waals surface area contributed by atoms with Gasteiger partial charge in [0, 0.05) is 5.22 Å². The number of rotatable bonds is 0. The molecule has 0 saturated carbocycles. The zero-order valence-corrected chi connectivity index (χ0v) is 5.16. The summed E-state index contributed by atoms with van der Waals surface area (Å²) in [5, 5.41) is 1.53. The van der Waals surface area contributed by atoms with E-state index < -0.39 is 0 Å². The third-order valence-electron chi connectivity index (χ3n) is 1.37. The second-order valence-electron chi connectivity index (χ2n) is 2.06. The van der Waals surface area contributed by atoms with Gasteiger partial charge in [0.2, 0.25) is 0 Å². The van der Waals surface area contributed by atoms with Crippen LogP contribution in [0.2, 0.25) is 0 Å². The lowest BCUT2D eigenvalue weighted by Gasteiger charge is -1.76. The maximum Gasteiger partial charge on any atom is 0.279 e. The molecule has 47 valence electrons. The van der Waals surface area contributed by atoms with Crippen molar-refractivity contribution in [3.63, 3.8) is 0 Å². The van der Waals surface area contributed by atoms with Gasteiger partial charge in [-0.15, -0.1) is 0 Å². The van der Waals surface area contributed by atoms with Crippen molar-refractivity contribution in [2.75, 3.05) is 0 Å². The highest BCUT2D eigenvalue weighted by atomic mass is 16.1. The number of hydrogen-bond donors (Lipinski definition) is 0. The van der Waals surface area contributed by atoms with E-state index in [1.165, 1.54) is 0 Å². The third-order valence-corrected chi connectivity index (χ3v) is 1.37. The first-order chi connectivity index (χ1) is 4.86. The molecule has 0 atom stereocenters. The molecule has 1 aromatic rings. The van der Waals surface area contributed by atoms with Crippen molar-refractivity contribution >= 4 is 12.0 Å². The normalized spacial score (nSPS) is 13.8. The molecule has 0 saturated heterocycles. The van der Waals surface area contributed by atoms with E-state index in [1.807, 2.05) is 18.2 Å². The Morgan fingerprint density at radius 1 is 1.30 bits per heavy atom. The average molecular weight is 130 g/mol. The molecular formula is C8H4NO. The summed E-state index contributed by atoms with van der Waals surface area (Å²) < 4.78 is 0. The number of amides is 1. The minimum Gasteiger partial charge on any atom is -0.267 e. The number of benzene rings is 1. The molecule has 0 N–H and O–H groups in total. The monoisotopic (exact) mass is 130 g/mol. The van der Waals surface area contributed by atoms with Crippen LogP contribution in [0.3, 0.4) is 0 Å². The summed E-state index contributed by atoms with van der Waals surface area (Å²) in [6.45, 7) is 0. The van der Waals surface area contributed by atoms with Crippen molar-refractivity contribution in [2.45, 2.75) is 0 Å². The first-order valence-corrected chi connectivity index (χ1v) is 2.98. The number of para-hydroxylation sites is 1. The van der Waals surface area contributed by atoms with E-state index in [0.29, 0.717) is 0 Å². The highest BCUT2D eigenvalue weighted by Gasteiger charge is 2.00. The molecule has 1 aromatic carbocycles. The third kappa shape index (κ3) is 0.658. The standard InChI is InChI=1S/C8H4NO/c10-8-5-6-3-1-2-4-7(6)9-8/h1-4H. The van der Waals surface area contributed by atoms with E-state index in [2.05, 4.69) is 11.1 Å². The van der Waals surface area contributed by atoms with Crippen molar-refractivity contribution < 1.29 is 4.79 Å². The van der Waals surface area contributed by atoms with Crippen LogP contribution in [0.25, 0.3) is 6.08 Å². The number of carbonyl (C=O) groups excluding carboxylic acids is 1. The first kappa shape index (κ1) is 5.35. The smallest absolute Gasteiger partial charge is 0.267 e. The Kier molecular flexibility index (Phi) is 0.947. The summed E-state index contributed by atoms with van der Waals surface area (Å²) in [4.78, 5) is 14.3. The fraction of sp³-hybridized carbons (Fsp3) is 0. The SMILES string of the molecule is O=C1[C]=c2ccccc2=N1. The van der Waals surface area contributed by atoms with Gasteiger partial charge < -0.3 is 0 Å². The van der Waals surface area contributed by atoms with Crippen molar-refractivity contribution in [2.24, 2.45) is 4.99 Å². The lowest BCUT2D eigenvalue weighted by atomic mass is 10.3. The second-order valence-corrected chi connectivity index (χ2v) is 2.06. The van der Waals surface area contributed by atoms with Crippen LogP contribution in [0.15, 0.2) is 29.3 Å². The number of fused-ring (bicyclic) bond motifs is 1. The average Bonchev–Trinajstić information content (AvgIpc) is 2.27. The van der Waals surface area contributed by atoms with Crippen molar-refractivity contribution in [3.8, 4) is 0 Å². The summed E-state index contributed by atoms with van der Waals surface area (Å²) in [5.74, 6) is -0.277. The van der Waals surface area contributed by atoms with Gasteiger partial charge in [0.15, 0.2) is 0 Å². The summed E-state index contributed by atoms with van der Waals surface area (Å²) >= 11 is 0. The largest absolute Gasteiger partial charge is 0.279 e.